The summed E-state index contributed by atoms with van der Waals surface area (Å²) in [6.07, 6.45) is 0.870. The summed E-state index contributed by atoms with van der Waals surface area (Å²) < 4.78 is 4.84. The van der Waals surface area contributed by atoms with Gasteiger partial charge in [-0.15, -0.1) is 0 Å². The molecule has 18 heavy (non-hydrogen) atoms. The number of ether oxygens (including phenoxy) is 1. The third-order valence-electron chi connectivity index (χ3n) is 5.16. The molecule has 2 rings (SSSR count). The molecule has 0 radical (unpaired) electrons. The van der Waals surface area contributed by atoms with Gasteiger partial charge in [0.2, 0.25) is 5.91 Å². The number of hydrogen-bond donors (Lipinski definition) is 1. The number of cyclic esters (lactones) is 2. The Hall–Kier alpha value is -1.39. The second-order valence-corrected chi connectivity index (χ2v) is 5.90. The molecule has 100 valence electrons. The number of amides is 1. The molecule has 1 amide bonds. The molecule has 1 heterocycles. The van der Waals surface area contributed by atoms with Gasteiger partial charge < -0.3 is 10.1 Å². The number of esters is 2. The minimum absolute atomic E-state index is 0.323. The first-order chi connectivity index (χ1) is 8.24. The molecule has 5 heteroatoms. The van der Waals surface area contributed by atoms with Crippen molar-refractivity contribution in [2.24, 2.45) is 16.2 Å². The van der Waals surface area contributed by atoms with Gasteiger partial charge in [0.1, 0.15) is 0 Å². The van der Waals surface area contributed by atoms with Gasteiger partial charge in [-0.2, -0.15) is 0 Å². The van der Waals surface area contributed by atoms with Crippen LogP contribution in [0.4, 0.5) is 0 Å². The van der Waals surface area contributed by atoms with Crippen LogP contribution in [0.3, 0.4) is 0 Å². The Morgan fingerprint density at radius 1 is 1.22 bits per heavy atom. The molecule has 1 aliphatic carbocycles. The van der Waals surface area contributed by atoms with E-state index < -0.39 is 28.2 Å². The lowest BCUT2D eigenvalue weighted by atomic mass is 9.57. The van der Waals surface area contributed by atoms with Gasteiger partial charge in [0.15, 0.2) is 5.41 Å². The van der Waals surface area contributed by atoms with Crippen LogP contribution in [-0.4, -0.2) is 24.4 Å². The Morgan fingerprint density at radius 3 is 2.39 bits per heavy atom. The van der Waals surface area contributed by atoms with Gasteiger partial charge in [-0.1, -0.05) is 13.8 Å². The van der Waals surface area contributed by atoms with Crippen molar-refractivity contribution in [3.63, 3.8) is 0 Å². The second kappa shape index (κ2) is 3.56. The van der Waals surface area contributed by atoms with Crippen LogP contribution >= 0.6 is 0 Å². The lowest BCUT2D eigenvalue weighted by Crippen LogP contribution is -2.62. The van der Waals surface area contributed by atoms with Crippen LogP contribution < -0.4 is 5.32 Å². The van der Waals surface area contributed by atoms with E-state index >= 15 is 0 Å². The highest BCUT2D eigenvalue weighted by Gasteiger charge is 2.75. The maximum absolute atomic E-state index is 12.3. The number of rotatable bonds is 2. The van der Waals surface area contributed by atoms with Crippen LogP contribution in [0.2, 0.25) is 0 Å². The molecule has 5 nitrogen and oxygen atoms in total. The van der Waals surface area contributed by atoms with Gasteiger partial charge in [-0.05, 0) is 26.7 Å². The topological polar surface area (TPSA) is 72.5 Å². The van der Waals surface area contributed by atoms with E-state index in [1.165, 1.54) is 0 Å². The van der Waals surface area contributed by atoms with Crippen molar-refractivity contribution in [2.75, 3.05) is 6.54 Å². The summed E-state index contributed by atoms with van der Waals surface area (Å²) in [5.41, 5.74) is -2.73. The zero-order valence-electron chi connectivity index (χ0n) is 11.3. The molecule has 2 unspecified atom stereocenters. The van der Waals surface area contributed by atoms with Gasteiger partial charge in [0, 0.05) is 12.0 Å². The summed E-state index contributed by atoms with van der Waals surface area (Å²) in [5, 5.41) is 2.70. The molecule has 2 bridgehead atoms. The molecular formula is C13H19NO4. The average molecular weight is 253 g/mol. The zero-order chi connectivity index (χ0) is 13.8. The molecule has 1 aliphatic heterocycles. The van der Waals surface area contributed by atoms with Crippen LogP contribution in [0.5, 0.6) is 0 Å². The second-order valence-electron chi connectivity index (χ2n) is 5.90. The Kier molecular flexibility index (Phi) is 2.58. The maximum Gasteiger partial charge on any atom is 0.329 e. The molecular weight excluding hydrogens is 234 g/mol. The van der Waals surface area contributed by atoms with Crippen molar-refractivity contribution >= 4 is 17.8 Å². The number of carbonyl (C=O) groups is 3. The third-order valence-corrected chi connectivity index (χ3v) is 5.16. The van der Waals surface area contributed by atoms with E-state index in [9.17, 15) is 14.4 Å². The van der Waals surface area contributed by atoms with Crippen LogP contribution in [-0.2, 0) is 19.1 Å². The van der Waals surface area contributed by atoms with Crippen LogP contribution in [0.25, 0.3) is 0 Å². The number of hydrogen-bond acceptors (Lipinski definition) is 4. The van der Waals surface area contributed by atoms with E-state index in [-0.39, 0.29) is 5.91 Å². The minimum atomic E-state index is -1.23. The fourth-order valence-electron chi connectivity index (χ4n) is 3.33. The Morgan fingerprint density at radius 2 is 1.83 bits per heavy atom. The fourth-order valence-corrected chi connectivity index (χ4v) is 3.33. The predicted molar refractivity (Wildman–Crippen MR) is 63.3 cm³/mol. The molecule has 1 saturated heterocycles. The van der Waals surface area contributed by atoms with Crippen LogP contribution in [0, 0.1) is 16.2 Å². The van der Waals surface area contributed by atoms with E-state index in [0.717, 1.165) is 0 Å². The summed E-state index contributed by atoms with van der Waals surface area (Å²) in [7, 11) is 0. The lowest BCUT2D eigenvalue weighted by molar-refractivity contribution is -0.196. The summed E-state index contributed by atoms with van der Waals surface area (Å²) in [6, 6.07) is 0. The van der Waals surface area contributed by atoms with E-state index in [2.05, 4.69) is 5.32 Å². The van der Waals surface area contributed by atoms with Crippen LogP contribution in [0.1, 0.15) is 40.5 Å². The van der Waals surface area contributed by atoms with Crippen molar-refractivity contribution < 1.29 is 19.1 Å². The fraction of sp³-hybridized carbons (Fsp3) is 0.769. The largest absolute Gasteiger partial charge is 0.392 e. The molecule has 0 aromatic rings. The standard InChI is InChI=1S/C13H19NO4/c1-5-14-8(15)13-7-6-12(4,11(13,2)3)9(16)18-10(13)17/h5-7H2,1-4H3,(H,14,15). The molecule has 0 spiro atoms. The summed E-state index contributed by atoms with van der Waals surface area (Å²) in [4.78, 5) is 36.4. The first-order valence-electron chi connectivity index (χ1n) is 6.29. The maximum atomic E-state index is 12.3. The number of nitrogens with one attached hydrogen (secondary N) is 1. The highest BCUT2D eigenvalue weighted by atomic mass is 16.6. The first kappa shape index (κ1) is 13.1. The van der Waals surface area contributed by atoms with E-state index in [0.29, 0.717) is 19.4 Å². The number of carbonyl (C=O) groups excluding carboxylic acids is 3. The van der Waals surface area contributed by atoms with Gasteiger partial charge >= 0.3 is 11.9 Å². The zero-order valence-corrected chi connectivity index (χ0v) is 11.3. The summed E-state index contributed by atoms with van der Waals surface area (Å²) >= 11 is 0. The molecule has 1 N–H and O–H groups in total. The van der Waals surface area contributed by atoms with Gasteiger partial charge in [-0.3, -0.25) is 14.4 Å². The average Bonchev–Trinajstić information content (AvgIpc) is 2.41. The summed E-state index contributed by atoms with van der Waals surface area (Å²) in [6.45, 7) is 7.66. The van der Waals surface area contributed by atoms with Crippen molar-refractivity contribution in [1.29, 1.82) is 0 Å². The van der Waals surface area contributed by atoms with Crippen molar-refractivity contribution in [3.05, 3.63) is 0 Å². The molecule has 2 aliphatic rings. The SMILES string of the molecule is CCNC(=O)C12CCC(C)(C(=O)OC1=O)C2(C)C. The summed E-state index contributed by atoms with van der Waals surface area (Å²) in [5.74, 6) is -1.52. The molecule has 0 aromatic carbocycles. The monoisotopic (exact) mass is 253 g/mol. The predicted octanol–water partition coefficient (Wildman–Crippen LogP) is 1.02. The van der Waals surface area contributed by atoms with Gasteiger partial charge in [0.05, 0.1) is 5.41 Å². The van der Waals surface area contributed by atoms with E-state index in [4.69, 9.17) is 4.74 Å². The van der Waals surface area contributed by atoms with Gasteiger partial charge in [0.25, 0.3) is 0 Å². The quantitative estimate of drug-likeness (QED) is 0.589. The normalized spacial score (nSPS) is 37.3. The lowest BCUT2D eigenvalue weighted by Gasteiger charge is -2.47. The Labute approximate surface area is 106 Å². The highest BCUT2D eigenvalue weighted by Crippen LogP contribution is 2.66. The Bertz CT molecular complexity index is 442. The third kappa shape index (κ3) is 1.15. The molecule has 2 fully saturated rings. The van der Waals surface area contributed by atoms with Crippen molar-refractivity contribution in [2.45, 2.75) is 40.5 Å². The van der Waals surface area contributed by atoms with Crippen LogP contribution in [0.15, 0.2) is 0 Å². The smallest absolute Gasteiger partial charge is 0.329 e. The first-order valence-corrected chi connectivity index (χ1v) is 6.29. The van der Waals surface area contributed by atoms with Crippen molar-refractivity contribution in [1.82, 2.24) is 5.32 Å². The van der Waals surface area contributed by atoms with Crippen molar-refractivity contribution in [3.8, 4) is 0 Å². The van der Waals surface area contributed by atoms with Gasteiger partial charge in [-0.25, -0.2) is 0 Å². The molecule has 0 aromatic heterocycles. The number of fused-ring (bicyclic) bond motifs is 2. The van der Waals surface area contributed by atoms with E-state index in [1.807, 2.05) is 13.8 Å². The highest BCUT2D eigenvalue weighted by molar-refractivity contribution is 6.11. The minimum Gasteiger partial charge on any atom is -0.392 e. The molecule has 1 saturated carbocycles. The Balaban J connectivity index is 2.57. The molecule has 2 atom stereocenters. The van der Waals surface area contributed by atoms with E-state index in [1.54, 1.807) is 13.8 Å².